The molecule has 0 aliphatic heterocycles. The molecule has 3 heteroatoms. The molecule has 0 radical (unpaired) electrons. The molecule has 0 unspecified atom stereocenters. The van der Waals surface area contributed by atoms with Crippen LogP contribution in [0.4, 0.5) is 13.2 Å². The van der Waals surface area contributed by atoms with E-state index in [1.807, 2.05) is 0 Å². The van der Waals surface area contributed by atoms with Crippen molar-refractivity contribution in [3.63, 3.8) is 0 Å². The van der Waals surface area contributed by atoms with Crippen molar-refractivity contribution in [1.29, 1.82) is 0 Å². The summed E-state index contributed by atoms with van der Waals surface area (Å²) in [7, 11) is 0. The lowest BCUT2D eigenvalue weighted by atomic mass is 9.89. The topological polar surface area (TPSA) is 0 Å². The summed E-state index contributed by atoms with van der Waals surface area (Å²) in [5, 5.41) is 0. The Bertz CT molecular complexity index is 456. The van der Waals surface area contributed by atoms with Crippen molar-refractivity contribution in [2.45, 2.75) is 38.3 Å². The number of halogens is 3. The van der Waals surface area contributed by atoms with E-state index in [9.17, 15) is 13.2 Å². The van der Waals surface area contributed by atoms with E-state index in [1.165, 1.54) is 44.2 Å². The van der Waals surface area contributed by atoms with E-state index in [1.54, 1.807) is 6.08 Å². The lowest BCUT2D eigenvalue weighted by Crippen LogP contribution is -2.03. The zero-order valence-corrected chi connectivity index (χ0v) is 10.7. The van der Waals surface area contributed by atoms with Crippen LogP contribution in [0.25, 0.3) is 6.08 Å². The average Bonchev–Trinajstić information content (AvgIpc) is 2.39. The van der Waals surface area contributed by atoms with Crippen molar-refractivity contribution >= 4 is 6.08 Å². The molecule has 0 aromatic heterocycles. The maximum Gasteiger partial charge on any atom is 0.416 e. The predicted molar refractivity (Wildman–Crippen MR) is 70.6 cm³/mol. The third-order valence-electron chi connectivity index (χ3n) is 3.47. The fraction of sp³-hybridized carbons (Fsp3) is 0.438. The highest BCUT2D eigenvalue weighted by Crippen LogP contribution is 2.29. The van der Waals surface area contributed by atoms with E-state index in [-0.39, 0.29) is 0 Å². The number of rotatable bonds is 2. The van der Waals surface area contributed by atoms with Gasteiger partial charge >= 0.3 is 6.18 Å². The molecular weight excluding hydrogens is 249 g/mol. The SMILES string of the molecule is FC(F)(F)c1ccc(C=C=CC2CCCCC2)cc1. The van der Waals surface area contributed by atoms with Crippen LogP contribution in [0.3, 0.4) is 0 Å². The van der Waals surface area contributed by atoms with Crippen molar-refractivity contribution in [2.24, 2.45) is 5.92 Å². The Labute approximate surface area is 111 Å². The lowest BCUT2D eigenvalue weighted by molar-refractivity contribution is -0.137. The van der Waals surface area contributed by atoms with Crippen LogP contribution in [0.1, 0.15) is 43.2 Å². The first-order valence-electron chi connectivity index (χ1n) is 6.65. The van der Waals surface area contributed by atoms with Gasteiger partial charge in [-0.2, -0.15) is 13.2 Å². The summed E-state index contributed by atoms with van der Waals surface area (Å²) in [6.07, 6.45) is 5.78. The maximum atomic E-state index is 12.4. The minimum absolute atomic E-state index is 0.583. The molecule has 1 aliphatic rings. The molecule has 2 rings (SSSR count). The molecule has 0 atom stereocenters. The first kappa shape index (κ1) is 14.0. The van der Waals surface area contributed by atoms with Gasteiger partial charge in [-0.05, 0) is 48.6 Å². The first-order chi connectivity index (χ1) is 9.05. The second kappa shape index (κ2) is 6.12. The quantitative estimate of drug-likeness (QED) is 0.624. The van der Waals surface area contributed by atoms with Gasteiger partial charge < -0.3 is 0 Å². The second-order valence-corrected chi connectivity index (χ2v) is 5.00. The summed E-state index contributed by atoms with van der Waals surface area (Å²) in [6, 6.07) is 5.16. The minimum Gasteiger partial charge on any atom is -0.166 e. The number of hydrogen-bond acceptors (Lipinski definition) is 0. The zero-order chi connectivity index (χ0) is 13.7. The Morgan fingerprint density at radius 3 is 2.21 bits per heavy atom. The summed E-state index contributed by atoms with van der Waals surface area (Å²) < 4.78 is 37.1. The molecule has 0 saturated heterocycles. The summed E-state index contributed by atoms with van der Waals surface area (Å²) in [5.41, 5.74) is 3.24. The molecule has 1 aliphatic carbocycles. The van der Waals surface area contributed by atoms with Gasteiger partial charge in [0.25, 0.3) is 0 Å². The Morgan fingerprint density at radius 1 is 1.00 bits per heavy atom. The highest BCUT2D eigenvalue weighted by atomic mass is 19.4. The van der Waals surface area contributed by atoms with Crippen molar-refractivity contribution in [2.75, 3.05) is 0 Å². The fourth-order valence-electron chi connectivity index (χ4n) is 2.35. The summed E-state index contributed by atoms with van der Waals surface area (Å²) in [5.74, 6) is 0.583. The number of allylic oxidation sites excluding steroid dienone is 1. The Kier molecular flexibility index (Phi) is 4.49. The number of hydrogen-bond donors (Lipinski definition) is 0. The molecule has 0 heterocycles. The first-order valence-corrected chi connectivity index (χ1v) is 6.65. The van der Waals surface area contributed by atoms with Gasteiger partial charge in [0.2, 0.25) is 0 Å². The summed E-state index contributed by atoms with van der Waals surface area (Å²) >= 11 is 0. The monoisotopic (exact) mass is 266 g/mol. The Hall–Kier alpha value is -1.47. The van der Waals surface area contributed by atoms with Gasteiger partial charge in [0.1, 0.15) is 0 Å². The molecule has 0 amide bonds. The van der Waals surface area contributed by atoms with E-state index in [0.717, 1.165) is 17.7 Å². The maximum absolute atomic E-state index is 12.4. The van der Waals surface area contributed by atoms with Gasteiger partial charge in [-0.25, -0.2) is 0 Å². The van der Waals surface area contributed by atoms with Crippen LogP contribution < -0.4 is 0 Å². The third-order valence-corrected chi connectivity index (χ3v) is 3.47. The van der Waals surface area contributed by atoms with Gasteiger partial charge in [0.05, 0.1) is 5.56 Å². The largest absolute Gasteiger partial charge is 0.416 e. The Morgan fingerprint density at radius 2 is 1.63 bits per heavy atom. The van der Waals surface area contributed by atoms with Gasteiger partial charge in [-0.1, -0.05) is 31.4 Å². The van der Waals surface area contributed by atoms with Crippen molar-refractivity contribution in [1.82, 2.24) is 0 Å². The van der Waals surface area contributed by atoms with Crippen LogP contribution in [0.2, 0.25) is 0 Å². The highest BCUT2D eigenvalue weighted by Gasteiger charge is 2.29. The van der Waals surface area contributed by atoms with Gasteiger partial charge in [0.15, 0.2) is 0 Å². The lowest BCUT2D eigenvalue weighted by Gasteiger charge is -2.16. The third kappa shape index (κ3) is 4.29. The van der Waals surface area contributed by atoms with Crippen LogP contribution in [0, 0.1) is 5.92 Å². The molecular formula is C16H17F3. The molecule has 0 spiro atoms. The molecule has 1 saturated carbocycles. The zero-order valence-electron chi connectivity index (χ0n) is 10.7. The minimum atomic E-state index is -4.26. The van der Waals surface area contributed by atoms with Gasteiger partial charge in [0, 0.05) is 0 Å². The van der Waals surface area contributed by atoms with Gasteiger partial charge in [-0.15, -0.1) is 5.73 Å². The van der Waals surface area contributed by atoms with Crippen molar-refractivity contribution < 1.29 is 13.2 Å². The number of alkyl halides is 3. The fourth-order valence-corrected chi connectivity index (χ4v) is 2.35. The van der Waals surface area contributed by atoms with E-state index >= 15 is 0 Å². The Balaban J connectivity index is 2.00. The van der Waals surface area contributed by atoms with Crippen LogP contribution in [-0.4, -0.2) is 0 Å². The molecule has 0 bridgehead atoms. The molecule has 0 nitrogen and oxygen atoms in total. The van der Waals surface area contributed by atoms with E-state index in [0.29, 0.717) is 5.92 Å². The molecule has 19 heavy (non-hydrogen) atoms. The van der Waals surface area contributed by atoms with Crippen molar-refractivity contribution in [3.05, 3.63) is 47.2 Å². The summed E-state index contributed by atoms with van der Waals surface area (Å²) in [4.78, 5) is 0. The molecule has 1 aromatic carbocycles. The molecule has 1 fully saturated rings. The van der Waals surface area contributed by atoms with Crippen LogP contribution in [0.5, 0.6) is 0 Å². The van der Waals surface area contributed by atoms with Crippen LogP contribution in [0.15, 0.2) is 36.1 Å². The molecule has 0 N–H and O–H groups in total. The van der Waals surface area contributed by atoms with E-state index < -0.39 is 11.7 Å². The standard InChI is InChI=1S/C16H17F3/c17-16(18,19)15-11-9-14(10-12-15)8-4-7-13-5-2-1-3-6-13/h7-13H,1-3,5-6H2. The summed E-state index contributed by atoms with van der Waals surface area (Å²) in [6.45, 7) is 0. The van der Waals surface area contributed by atoms with Crippen LogP contribution in [-0.2, 0) is 6.18 Å². The van der Waals surface area contributed by atoms with E-state index in [4.69, 9.17) is 0 Å². The molecule has 1 aromatic rings. The smallest absolute Gasteiger partial charge is 0.166 e. The normalized spacial score (nSPS) is 16.8. The van der Waals surface area contributed by atoms with Gasteiger partial charge in [-0.3, -0.25) is 0 Å². The molecule has 102 valence electrons. The second-order valence-electron chi connectivity index (χ2n) is 5.00. The van der Waals surface area contributed by atoms with E-state index in [2.05, 4.69) is 11.8 Å². The average molecular weight is 266 g/mol. The number of benzene rings is 1. The predicted octanol–water partition coefficient (Wildman–Crippen LogP) is 5.45. The highest BCUT2D eigenvalue weighted by molar-refractivity contribution is 5.49. The van der Waals surface area contributed by atoms with Crippen molar-refractivity contribution in [3.8, 4) is 0 Å². The van der Waals surface area contributed by atoms with Crippen LogP contribution >= 0.6 is 0 Å².